The first kappa shape index (κ1) is 23.2. The molecule has 0 aromatic rings. The van der Waals surface area contributed by atoms with Gasteiger partial charge in [-0.2, -0.15) is 0 Å². The Balaban J connectivity index is -0.00000112. The zero-order valence-corrected chi connectivity index (χ0v) is 13.9. The molecule has 8 heteroatoms. The van der Waals surface area contributed by atoms with Crippen LogP contribution >= 0.6 is 0 Å². The van der Waals surface area contributed by atoms with Gasteiger partial charge in [-0.05, 0) is 27.7 Å². The molecule has 0 aliphatic heterocycles. The summed E-state index contributed by atoms with van der Waals surface area (Å²) in [5.74, 6) is -2.28. The predicted molar refractivity (Wildman–Crippen MR) is 58.0 cm³/mol. The third-order valence-electron chi connectivity index (χ3n) is 1.46. The number of ether oxygens (including phenoxy) is 2. The minimum absolute atomic E-state index is 0. The van der Waals surface area contributed by atoms with Crippen molar-refractivity contribution in [1.82, 2.24) is 0 Å². The van der Waals surface area contributed by atoms with Crippen LogP contribution in [-0.2, 0) is 19.1 Å². The Labute approximate surface area is 133 Å². The summed E-state index contributed by atoms with van der Waals surface area (Å²) < 4.78 is 9.16. The molecule has 1 N–H and O–H groups in total. The van der Waals surface area contributed by atoms with Crippen LogP contribution in [0.4, 0.5) is 0 Å². The van der Waals surface area contributed by atoms with Crippen LogP contribution in [0.25, 0.3) is 0 Å². The monoisotopic (exact) mass is 336 g/mol. The molecule has 0 heterocycles. The third kappa shape index (κ3) is 9.09. The fraction of sp³-hybridized carbons (Fsp3) is 0.800. The summed E-state index contributed by atoms with van der Waals surface area (Å²) in [6, 6.07) is 0. The first-order valence-corrected chi connectivity index (χ1v) is 5.00. The second-order valence-electron chi connectivity index (χ2n) is 3.84. The molecule has 0 radical (unpaired) electrons. The fourth-order valence-electron chi connectivity index (χ4n) is 0.854. The summed E-state index contributed by atoms with van der Waals surface area (Å²) in [6.45, 7) is 6.25. The third-order valence-corrected chi connectivity index (χ3v) is 1.46. The first-order valence-electron chi connectivity index (χ1n) is 5.00. The zero-order chi connectivity index (χ0) is 12.9. The predicted octanol–water partition coefficient (Wildman–Crippen LogP) is -4.40. The second-order valence-corrected chi connectivity index (χ2v) is 3.84. The molecule has 0 aliphatic carbocycles. The van der Waals surface area contributed by atoms with Crippen molar-refractivity contribution in [2.45, 2.75) is 52.1 Å². The van der Waals surface area contributed by atoms with Crippen molar-refractivity contribution in [3.8, 4) is 0 Å². The molecule has 0 aromatic heterocycles. The smallest absolute Gasteiger partial charge is 1.00 e. The number of halogens is 1. The van der Waals surface area contributed by atoms with Gasteiger partial charge in [0.05, 0.1) is 12.2 Å². The van der Waals surface area contributed by atoms with Crippen molar-refractivity contribution in [1.29, 1.82) is 0 Å². The topological polar surface area (TPSA) is 95.9 Å². The van der Waals surface area contributed by atoms with E-state index in [1.165, 1.54) is 0 Å². The van der Waals surface area contributed by atoms with Crippen molar-refractivity contribution in [3.05, 3.63) is 0 Å². The summed E-state index contributed by atoms with van der Waals surface area (Å²) in [4.78, 5) is 22.2. The van der Waals surface area contributed by atoms with Crippen LogP contribution in [0, 0.1) is 0 Å². The van der Waals surface area contributed by atoms with E-state index in [0.717, 1.165) is 0 Å². The maximum Gasteiger partial charge on any atom is 2.00 e. The van der Waals surface area contributed by atoms with Gasteiger partial charge in [-0.1, -0.05) is 0 Å². The van der Waals surface area contributed by atoms with Crippen molar-refractivity contribution >= 4 is 35.0 Å². The van der Waals surface area contributed by atoms with Gasteiger partial charge in [0.25, 0.3) is 5.97 Å². The van der Waals surface area contributed by atoms with E-state index in [0.29, 0.717) is 0 Å². The molecule has 0 aromatic carbocycles. The van der Waals surface area contributed by atoms with E-state index in [2.05, 4.69) is 9.47 Å². The molecule has 0 fully saturated rings. The van der Waals surface area contributed by atoms with Gasteiger partial charge in [0.1, 0.15) is 6.10 Å². The molecule has 18 heavy (non-hydrogen) atoms. The quantitative estimate of drug-likeness (QED) is 0.402. The minimum atomic E-state index is -2.17. The number of hydrogen-bond donors (Lipinski definition) is 1. The summed E-state index contributed by atoms with van der Waals surface area (Å²) in [5, 5.41) is 20.5. The van der Waals surface area contributed by atoms with Crippen molar-refractivity contribution < 1.29 is 46.3 Å². The Hall–Kier alpha value is 0.106. The Morgan fingerprint density at radius 3 is 1.67 bits per heavy atom. The largest absolute Gasteiger partial charge is 2.00 e. The van der Waals surface area contributed by atoms with Gasteiger partial charge in [0, 0.05) is 6.10 Å². The second kappa shape index (κ2) is 11.0. The Kier molecular flexibility index (Phi) is 14.2. The van der Waals surface area contributed by atoms with E-state index in [1.54, 1.807) is 27.7 Å². The molecule has 0 bridgehead atoms. The van der Waals surface area contributed by atoms with Crippen LogP contribution in [0.15, 0.2) is 0 Å². The zero-order valence-electron chi connectivity index (χ0n) is 10.9. The molecule has 102 valence electrons. The first-order chi connectivity index (χ1) is 7.25. The van der Waals surface area contributed by atoms with Crippen LogP contribution in [-0.4, -0.2) is 64.5 Å². The average molecular weight is 337 g/mol. The normalized spacial score (nSPS) is 13.1. The molecule has 0 aliphatic rings. The van der Waals surface area contributed by atoms with Crippen LogP contribution in [0.3, 0.4) is 0 Å². The molecular formula is C10H17BrMgO6. The Morgan fingerprint density at radius 2 is 1.33 bits per heavy atom. The van der Waals surface area contributed by atoms with Gasteiger partial charge in [0.15, 0.2) is 0 Å². The number of aliphatic hydroxyl groups excluding tert-OH is 1. The van der Waals surface area contributed by atoms with Crippen LogP contribution in [0.2, 0.25) is 0 Å². The van der Waals surface area contributed by atoms with E-state index in [9.17, 15) is 19.8 Å². The molecule has 0 rings (SSSR count). The summed E-state index contributed by atoms with van der Waals surface area (Å²) in [7, 11) is 0. The van der Waals surface area contributed by atoms with Crippen LogP contribution in [0.5, 0.6) is 0 Å². The molecular weight excluding hydrogens is 320 g/mol. The fourth-order valence-corrected chi connectivity index (χ4v) is 0.854. The van der Waals surface area contributed by atoms with E-state index in [-0.39, 0.29) is 40.0 Å². The molecule has 0 spiro atoms. The summed E-state index contributed by atoms with van der Waals surface area (Å²) in [5.41, 5.74) is 0. The van der Waals surface area contributed by atoms with Crippen molar-refractivity contribution in [2.24, 2.45) is 0 Å². The standard InChI is InChI=1S/C10H17O6.BrH.Mg/c1-5(2)15-9(13)7(11)8(12)10(14)16-6(3)4;;/h5-8,11H,1-4H3;1H;/q-1;;+2/p-1. The Bertz CT molecular complexity index is 233. The molecule has 0 amide bonds. The van der Waals surface area contributed by atoms with Gasteiger partial charge in [0.2, 0.25) is 0 Å². The summed E-state index contributed by atoms with van der Waals surface area (Å²) >= 11 is 0. The maximum atomic E-state index is 11.3. The van der Waals surface area contributed by atoms with Gasteiger partial charge >= 0.3 is 29.0 Å². The summed E-state index contributed by atoms with van der Waals surface area (Å²) in [6.07, 6.45) is -5.14. The number of carbonyl (C=O) groups excluding carboxylic acids is 2. The maximum absolute atomic E-state index is 11.3. The molecule has 2 atom stereocenters. The number of aliphatic hydroxyl groups is 1. The number of rotatable bonds is 5. The van der Waals surface area contributed by atoms with E-state index in [1.807, 2.05) is 0 Å². The van der Waals surface area contributed by atoms with Gasteiger partial charge in [-0.3, -0.25) is 4.79 Å². The van der Waals surface area contributed by atoms with Gasteiger partial charge in [-0.25, -0.2) is 4.79 Å². The van der Waals surface area contributed by atoms with Crippen molar-refractivity contribution in [2.75, 3.05) is 0 Å². The average Bonchev–Trinajstić information content (AvgIpc) is 2.13. The minimum Gasteiger partial charge on any atom is -1.00 e. The van der Waals surface area contributed by atoms with Crippen LogP contribution < -0.4 is 22.1 Å². The van der Waals surface area contributed by atoms with Crippen LogP contribution in [0.1, 0.15) is 27.7 Å². The van der Waals surface area contributed by atoms with Crippen molar-refractivity contribution in [3.63, 3.8) is 0 Å². The number of carbonyl (C=O) groups is 2. The van der Waals surface area contributed by atoms with E-state index in [4.69, 9.17) is 0 Å². The van der Waals surface area contributed by atoms with Gasteiger partial charge in [-0.15, -0.1) is 0 Å². The van der Waals surface area contributed by atoms with Gasteiger partial charge < -0.3 is 36.7 Å². The molecule has 2 unspecified atom stereocenters. The van der Waals surface area contributed by atoms with E-state index >= 15 is 0 Å². The molecule has 0 saturated heterocycles. The Morgan fingerprint density at radius 1 is 1.00 bits per heavy atom. The number of hydrogen-bond acceptors (Lipinski definition) is 6. The number of esters is 2. The molecule has 6 nitrogen and oxygen atoms in total. The van der Waals surface area contributed by atoms with E-state index < -0.39 is 36.4 Å². The SMILES string of the molecule is CC(C)OC(=O)C([O-])C(O)C(=O)OC(C)C.[Br-].[Mg+2]. The molecule has 0 saturated carbocycles.